The van der Waals surface area contributed by atoms with Crippen molar-refractivity contribution in [2.45, 2.75) is 32.4 Å². The van der Waals surface area contributed by atoms with Crippen LogP contribution in [0.4, 0.5) is 0 Å². The highest BCUT2D eigenvalue weighted by atomic mass is 28.2. The van der Waals surface area contributed by atoms with Gasteiger partial charge in [0.2, 0.25) is 0 Å². The normalized spacial score (nSPS) is 11.9. The smallest absolute Gasteiger partial charge is 0.193 e. The third-order valence-corrected chi connectivity index (χ3v) is 5.70. The zero-order valence-corrected chi connectivity index (χ0v) is 14.7. The standard InChI is InChI=1S/C21H21OSi/c1-2-3-13-23-22-14-18-10-9-17-8-7-15-5-4-6-16-11-12-19(18)21(17)20(15)16/h4-12,23H,2-3,13-14H2,1H3. The van der Waals surface area contributed by atoms with Crippen molar-refractivity contribution in [3.8, 4) is 0 Å². The first-order valence-corrected chi connectivity index (χ1v) is 9.76. The van der Waals surface area contributed by atoms with Crippen molar-refractivity contribution in [3.63, 3.8) is 0 Å². The summed E-state index contributed by atoms with van der Waals surface area (Å²) in [5.74, 6) is 0. The van der Waals surface area contributed by atoms with Gasteiger partial charge in [0.05, 0.1) is 6.61 Å². The summed E-state index contributed by atoms with van der Waals surface area (Å²) >= 11 is 0. The van der Waals surface area contributed by atoms with Crippen LogP contribution in [-0.4, -0.2) is 9.76 Å². The van der Waals surface area contributed by atoms with E-state index >= 15 is 0 Å². The van der Waals surface area contributed by atoms with Gasteiger partial charge in [-0.2, -0.15) is 0 Å². The Labute approximate surface area is 139 Å². The maximum atomic E-state index is 6.00. The molecule has 4 aromatic rings. The minimum absolute atomic E-state index is 0.122. The molecule has 2 heteroatoms. The van der Waals surface area contributed by atoms with Crippen LogP contribution in [0, 0.1) is 0 Å². The molecular formula is C21H21OSi. The Bertz CT molecular complexity index is 929. The van der Waals surface area contributed by atoms with Crippen molar-refractivity contribution in [1.82, 2.24) is 0 Å². The van der Waals surface area contributed by atoms with Crippen molar-refractivity contribution in [3.05, 3.63) is 60.2 Å². The van der Waals surface area contributed by atoms with Crippen LogP contribution in [0.25, 0.3) is 32.3 Å². The summed E-state index contributed by atoms with van der Waals surface area (Å²) < 4.78 is 6.00. The maximum Gasteiger partial charge on any atom is 0.193 e. The summed E-state index contributed by atoms with van der Waals surface area (Å²) in [7, 11) is 0.122. The lowest BCUT2D eigenvalue weighted by Crippen LogP contribution is -1.99. The molecular weight excluding hydrogens is 296 g/mol. The molecule has 0 saturated carbocycles. The van der Waals surface area contributed by atoms with Gasteiger partial charge in [-0.3, -0.25) is 0 Å². The van der Waals surface area contributed by atoms with E-state index in [1.54, 1.807) is 0 Å². The molecule has 0 bridgehead atoms. The summed E-state index contributed by atoms with van der Waals surface area (Å²) in [5, 5.41) is 8.11. The summed E-state index contributed by atoms with van der Waals surface area (Å²) in [6, 6.07) is 21.3. The fourth-order valence-corrected chi connectivity index (χ4v) is 4.48. The fraction of sp³-hybridized carbons (Fsp3) is 0.238. The van der Waals surface area contributed by atoms with Crippen LogP contribution in [0.1, 0.15) is 25.3 Å². The van der Waals surface area contributed by atoms with Gasteiger partial charge in [0.15, 0.2) is 9.76 Å². The molecule has 1 radical (unpaired) electrons. The van der Waals surface area contributed by atoms with E-state index in [9.17, 15) is 0 Å². The van der Waals surface area contributed by atoms with Crippen molar-refractivity contribution in [2.75, 3.05) is 0 Å². The van der Waals surface area contributed by atoms with Gasteiger partial charge < -0.3 is 4.43 Å². The fourth-order valence-electron chi connectivity index (χ4n) is 3.44. The van der Waals surface area contributed by atoms with Crippen molar-refractivity contribution >= 4 is 42.1 Å². The van der Waals surface area contributed by atoms with Gasteiger partial charge in [0.25, 0.3) is 0 Å². The van der Waals surface area contributed by atoms with Gasteiger partial charge in [-0.15, -0.1) is 0 Å². The average Bonchev–Trinajstić information content (AvgIpc) is 2.60. The highest BCUT2D eigenvalue weighted by Crippen LogP contribution is 2.35. The molecule has 4 aromatic carbocycles. The van der Waals surface area contributed by atoms with Crippen LogP contribution < -0.4 is 0 Å². The quantitative estimate of drug-likeness (QED) is 0.253. The minimum atomic E-state index is 0.122. The lowest BCUT2D eigenvalue weighted by Gasteiger charge is -2.14. The molecule has 0 fully saturated rings. The van der Waals surface area contributed by atoms with E-state index in [2.05, 4.69) is 61.5 Å². The zero-order valence-electron chi connectivity index (χ0n) is 13.5. The zero-order chi connectivity index (χ0) is 15.6. The largest absolute Gasteiger partial charge is 0.417 e. The summed E-state index contributed by atoms with van der Waals surface area (Å²) in [4.78, 5) is 0. The SMILES string of the molecule is CCCC[SiH]OCc1ccc2ccc3cccc4ccc1c2c34. The van der Waals surface area contributed by atoms with E-state index in [-0.39, 0.29) is 9.76 Å². The second kappa shape index (κ2) is 6.30. The highest BCUT2D eigenvalue weighted by Gasteiger charge is 2.10. The van der Waals surface area contributed by atoms with E-state index < -0.39 is 0 Å². The number of hydrogen-bond acceptors (Lipinski definition) is 1. The Balaban J connectivity index is 1.77. The number of unbranched alkanes of at least 4 members (excludes halogenated alkanes) is 1. The molecule has 1 nitrogen and oxygen atoms in total. The van der Waals surface area contributed by atoms with E-state index in [1.165, 1.54) is 56.8 Å². The van der Waals surface area contributed by atoms with Crippen molar-refractivity contribution in [1.29, 1.82) is 0 Å². The molecule has 0 spiro atoms. The van der Waals surface area contributed by atoms with Gasteiger partial charge in [0, 0.05) is 0 Å². The van der Waals surface area contributed by atoms with E-state index in [0.717, 1.165) is 6.61 Å². The maximum absolute atomic E-state index is 6.00. The highest BCUT2D eigenvalue weighted by molar-refractivity contribution is 6.27. The van der Waals surface area contributed by atoms with Gasteiger partial charge >= 0.3 is 0 Å². The molecule has 0 saturated heterocycles. The van der Waals surface area contributed by atoms with Crippen LogP contribution in [0.2, 0.25) is 6.04 Å². The predicted molar refractivity (Wildman–Crippen MR) is 102 cm³/mol. The Morgan fingerprint density at radius 1 is 0.826 bits per heavy atom. The molecule has 0 aliphatic carbocycles. The van der Waals surface area contributed by atoms with Crippen LogP contribution >= 0.6 is 0 Å². The van der Waals surface area contributed by atoms with Crippen LogP contribution in [0.3, 0.4) is 0 Å². The monoisotopic (exact) mass is 317 g/mol. The van der Waals surface area contributed by atoms with Crippen molar-refractivity contribution < 1.29 is 4.43 Å². The van der Waals surface area contributed by atoms with Gasteiger partial charge in [-0.25, -0.2) is 0 Å². The summed E-state index contributed by atoms with van der Waals surface area (Å²) in [6.07, 6.45) is 2.54. The van der Waals surface area contributed by atoms with Gasteiger partial charge in [-0.1, -0.05) is 74.4 Å². The van der Waals surface area contributed by atoms with Crippen LogP contribution in [-0.2, 0) is 11.0 Å². The summed E-state index contributed by atoms with van der Waals surface area (Å²) in [6.45, 7) is 2.98. The average molecular weight is 317 g/mol. The van der Waals surface area contributed by atoms with Gasteiger partial charge in [0.1, 0.15) is 0 Å². The third kappa shape index (κ3) is 2.62. The Kier molecular flexibility index (Phi) is 4.02. The molecule has 0 heterocycles. The second-order valence-corrected chi connectivity index (χ2v) is 7.44. The molecule has 0 unspecified atom stereocenters. The molecule has 4 rings (SSSR count). The second-order valence-electron chi connectivity index (χ2n) is 6.20. The van der Waals surface area contributed by atoms with Crippen molar-refractivity contribution in [2.24, 2.45) is 0 Å². The first-order chi connectivity index (χ1) is 11.4. The number of rotatable bonds is 6. The third-order valence-electron chi connectivity index (χ3n) is 4.65. The Morgan fingerprint density at radius 3 is 2.30 bits per heavy atom. The summed E-state index contributed by atoms with van der Waals surface area (Å²) in [5.41, 5.74) is 1.32. The van der Waals surface area contributed by atoms with Crippen LogP contribution in [0.5, 0.6) is 0 Å². The molecule has 0 amide bonds. The molecule has 0 aliphatic heterocycles. The number of hydrogen-bond donors (Lipinski definition) is 0. The van der Waals surface area contributed by atoms with E-state index in [4.69, 9.17) is 4.43 Å². The molecule has 23 heavy (non-hydrogen) atoms. The molecule has 0 N–H and O–H groups in total. The van der Waals surface area contributed by atoms with E-state index in [0.29, 0.717) is 0 Å². The lowest BCUT2D eigenvalue weighted by molar-refractivity contribution is 0.324. The molecule has 0 atom stereocenters. The molecule has 0 aromatic heterocycles. The predicted octanol–water partition coefficient (Wildman–Crippen LogP) is 5.67. The Morgan fingerprint density at radius 2 is 1.52 bits per heavy atom. The lowest BCUT2D eigenvalue weighted by atomic mass is 9.92. The molecule has 0 aliphatic rings. The molecule has 115 valence electrons. The topological polar surface area (TPSA) is 9.23 Å². The number of benzene rings is 4. The van der Waals surface area contributed by atoms with Crippen LogP contribution in [0.15, 0.2) is 54.6 Å². The Hall–Kier alpha value is -1.90. The first-order valence-electron chi connectivity index (χ1n) is 8.47. The minimum Gasteiger partial charge on any atom is -0.417 e. The van der Waals surface area contributed by atoms with E-state index in [1.807, 2.05) is 0 Å². The first kappa shape index (κ1) is 14.7. The van der Waals surface area contributed by atoms with Gasteiger partial charge in [-0.05, 0) is 43.9 Å².